The highest BCUT2D eigenvalue weighted by Crippen LogP contribution is 2.31. The van der Waals surface area contributed by atoms with Crippen molar-refractivity contribution in [1.29, 1.82) is 0 Å². The molecule has 1 fully saturated rings. The third-order valence-corrected chi connectivity index (χ3v) is 4.87. The van der Waals surface area contributed by atoms with E-state index < -0.39 is 0 Å². The summed E-state index contributed by atoms with van der Waals surface area (Å²) in [6.45, 7) is 2.27. The first-order valence-electron chi connectivity index (χ1n) is 4.86. The third-order valence-electron chi connectivity index (χ3n) is 2.51. The predicted molar refractivity (Wildman–Crippen MR) is 73.6 cm³/mol. The maximum Gasteiger partial charge on any atom is 0.140 e. The van der Waals surface area contributed by atoms with E-state index in [1.54, 1.807) is 0 Å². The van der Waals surface area contributed by atoms with E-state index in [-0.39, 0.29) is 0 Å². The van der Waals surface area contributed by atoms with Crippen molar-refractivity contribution in [2.45, 2.75) is 24.6 Å². The number of nitrogens with one attached hydrogen (secondary N) is 1. The van der Waals surface area contributed by atoms with Crippen LogP contribution >= 0.6 is 43.6 Å². The van der Waals surface area contributed by atoms with Crippen molar-refractivity contribution in [3.63, 3.8) is 0 Å². The molecule has 2 unspecified atom stereocenters. The molecular formula is C10H12Br2N2S. The van der Waals surface area contributed by atoms with E-state index in [1.807, 2.05) is 24.0 Å². The molecule has 15 heavy (non-hydrogen) atoms. The second-order valence-corrected chi connectivity index (χ2v) is 6.85. The molecule has 1 aromatic heterocycles. The van der Waals surface area contributed by atoms with Crippen LogP contribution in [0.3, 0.4) is 0 Å². The molecule has 1 aliphatic rings. The molecule has 2 heterocycles. The lowest BCUT2D eigenvalue weighted by Crippen LogP contribution is -2.25. The van der Waals surface area contributed by atoms with E-state index >= 15 is 0 Å². The van der Waals surface area contributed by atoms with Gasteiger partial charge >= 0.3 is 0 Å². The molecule has 0 aromatic carbocycles. The second-order valence-electron chi connectivity index (χ2n) is 3.60. The average molecular weight is 352 g/mol. The highest BCUT2D eigenvalue weighted by molar-refractivity contribution is 9.11. The molecule has 0 amide bonds. The zero-order valence-corrected chi connectivity index (χ0v) is 12.3. The predicted octanol–water partition coefficient (Wildman–Crippen LogP) is 3.91. The summed E-state index contributed by atoms with van der Waals surface area (Å²) in [5, 5.41) is 4.16. The zero-order valence-electron chi connectivity index (χ0n) is 8.34. The van der Waals surface area contributed by atoms with Gasteiger partial charge < -0.3 is 5.32 Å². The van der Waals surface area contributed by atoms with Gasteiger partial charge in [0, 0.05) is 22.0 Å². The van der Waals surface area contributed by atoms with Gasteiger partial charge in [-0.3, -0.25) is 0 Å². The smallest absolute Gasteiger partial charge is 0.140 e. The average Bonchev–Trinajstić information content (AvgIpc) is 2.57. The molecule has 0 saturated carbocycles. The summed E-state index contributed by atoms with van der Waals surface area (Å²) < 4.78 is 2.01. The lowest BCUT2D eigenvalue weighted by molar-refractivity contribution is 0.719. The van der Waals surface area contributed by atoms with E-state index in [0.717, 1.165) is 14.8 Å². The minimum absolute atomic E-state index is 0.542. The molecule has 1 aromatic rings. The Morgan fingerprint density at radius 3 is 2.93 bits per heavy atom. The van der Waals surface area contributed by atoms with Gasteiger partial charge in [0.2, 0.25) is 0 Å². The molecule has 1 saturated heterocycles. The van der Waals surface area contributed by atoms with Crippen molar-refractivity contribution in [2.24, 2.45) is 0 Å². The summed E-state index contributed by atoms with van der Waals surface area (Å²) in [5.74, 6) is 2.19. The minimum Gasteiger partial charge on any atom is -0.365 e. The molecule has 1 N–H and O–H groups in total. The van der Waals surface area contributed by atoms with Gasteiger partial charge in [-0.2, -0.15) is 11.8 Å². The fraction of sp³-hybridized carbons (Fsp3) is 0.500. The standard InChI is InChI=1S/C10H12Br2N2S/c1-6-9(2-3-15-6)14-10-8(12)4-7(11)5-13-10/h4-6,9H,2-3H2,1H3,(H,13,14). The van der Waals surface area contributed by atoms with Gasteiger partial charge in [0.25, 0.3) is 0 Å². The van der Waals surface area contributed by atoms with Gasteiger partial charge in [-0.1, -0.05) is 6.92 Å². The van der Waals surface area contributed by atoms with E-state index in [4.69, 9.17) is 0 Å². The maximum absolute atomic E-state index is 4.36. The van der Waals surface area contributed by atoms with Gasteiger partial charge in [-0.15, -0.1) is 0 Å². The Hall–Kier alpha value is 0.260. The Bertz CT molecular complexity index is 359. The Morgan fingerprint density at radius 2 is 2.33 bits per heavy atom. The van der Waals surface area contributed by atoms with E-state index in [1.165, 1.54) is 12.2 Å². The van der Waals surface area contributed by atoms with Crippen LogP contribution in [-0.4, -0.2) is 22.0 Å². The van der Waals surface area contributed by atoms with Crippen LogP contribution in [0.5, 0.6) is 0 Å². The number of hydrogen-bond donors (Lipinski definition) is 1. The summed E-state index contributed by atoms with van der Waals surface area (Å²) in [6.07, 6.45) is 3.04. The molecule has 1 aliphatic heterocycles. The summed E-state index contributed by atoms with van der Waals surface area (Å²) >= 11 is 8.93. The first-order valence-corrected chi connectivity index (χ1v) is 7.49. The molecular weight excluding hydrogens is 340 g/mol. The van der Waals surface area contributed by atoms with Crippen LogP contribution in [0.15, 0.2) is 21.2 Å². The van der Waals surface area contributed by atoms with Crippen LogP contribution in [0.2, 0.25) is 0 Å². The second kappa shape index (κ2) is 5.06. The van der Waals surface area contributed by atoms with E-state index in [2.05, 4.69) is 49.1 Å². The van der Waals surface area contributed by atoms with Gasteiger partial charge in [0.05, 0.1) is 4.47 Å². The van der Waals surface area contributed by atoms with Crippen molar-refractivity contribution in [3.8, 4) is 0 Å². The molecule has 0 aliphatic carbocycles. The Balaban J connectivity index is 2.10. The van der Waals surface area contributed by atoms with E-state index in [9.17, 15) is 0 Å². The largest absolute Gasteiger partial charge is 0.365 e. The summed E-state index contributed by atoms with van der Waals surface area (Å²) in [6, 6.07) is 2.56. The SMILES string of the molecule is CC1SCCC1Nc1ncc(Br)cc1Br. The van der Waals surface area contributed by atoms with Crippen LogP contribution in [0, 0.1) is 0 Å². The fourth-order valence-electron chi connectivity index (χ4n) is 1.62. The lowest BCUT2D eigenvalue weighted by atomic mass is 10.2. The molecule has 0 spiro atoms. The highest BCUT2D eigenvalue weighted by Gasteiger charge is 2.24. The summed E-state index contributed by atoms with van der Waals surface area (Å²) in [4.78, 5) is 4.36. The number of anilines is 1. The number of aromatic nitrogens is 1. The Morgan fingerprint density at radius 1 is 1.53 bits per heavy atom. The third kappa shape index (κ3) is 2.88. The van der Waals surface area contributed by atoms with Crippen molar-refractivity contribution < 1.29 is 0 Å². The molecule has 2 nitrogen and oxygen atoms in total. The number of pyridine rings is 1. The number of rotatable bonds is 2. The van der Waals surface area contributed by atoms with Crippen LogP contribution in [0.25, 0.3) is 0 Å². The number of thioether (sulfide) groups is 1. The molecule has 0 bridgehead atoms. The number of nitrogens with zero attached hydrogens (tertiary/aromatic N) is 1. The van der Waals surface area contributed by atoms with Crippen molar-refractivity contribution in [3.05, 3.63) is 21.2 Å². The van der Waals surface area contributed by atoms with Gasteiger partial charge in [0.15, 0.2) is 0 Å². The molecule has 2 rings (SSSR count). The van der Waals surface area contributed by atoms with Crippen LogP contribution in [0.4, 0.5) is 5.82 Å². The first kappa shape index (κ1) is 11.7. The minimum atomic E-state index is 0.542. The quantitative estimate of drug-likeness (QED) is 0.874. The fourth-order valence-corrected chi connectivity index (χ4v) is 3.92. The van der Waals surface area contributed by atoms with Crippen molar-refractivity contribution in [2.75, 3.05) is 11.1 Å². The molecule has 2 atom stereocenters. The lowest BCUT2D eigenvalue weighted by Gasteiger charge is -2.17. The van der Waals surface area contributed by atoms with E-state index in [0.29, 0.717) is 11.3 Å². The molecule has 82 valence electrons. The monoisotopic (exact) mass is 350 g/mol. The number of halogens is 2. The normalized spacial score (nSPS) is 25.5. The topological polar surface area (TPSA) is 24.9 Å². The highest BCUT2D eigenvalue weighted by atomic mass is 79.9. The molecule has 5 heteroatoms. The molecule has 0 radical (unpaired) electrons. The summed E-state index contributed by atoms with van der Waals surface area (Å²) in [7, 11) is 0. The zero-order chi connectivity index (χ0) is 10.8. The first-order chi connectivity index (χ1) is 7.16. The van der Waals surface area contributed by atoms with Crippen LogP contribution in [0.1, 0.15) is 13.3 Å². The van der Waals surface area contributed by atoms with Crippen LogP contribution in [-0.2, 0) is 0 Å². The van der Waals surface area contributed by atoms with Crippen molar-refractivity contribution >= 4 is 49.4 Å². The van der Waals surface area contributed by atoms with Crippen molar-refractivity contribution in [1.82, 2.24) is 4.98 Å². The van der Waals surface area contributed by atoms with Crippen LogP contribution < -0.4 is 5.32 Å². The maximum atomic E-state index is 4.36. The van der Waals surface area contributed by atoms with Gasteiger partial charge in [-0.05, 0) is 50.1 Å². The number of hydrogen-bond acceptors (Lipinski definition) is 3. The van der Waals surface area contributed by atoms with Gasteiger partial charge in [-0.25, -0.2) is 4.98 Å². The summed E-state index contributed by atoms with van der Waals surface area (Å²) in [5.41, 5.74) is 0. The Labute approximate surface area is 111 Å². The van der Waals surface area contributed by atoms with Gasteiger partial charge in [0.1, 0.15) is 5.82 Å². The Kier molecular flexibility index (Phi) is 3.96.